The van der Waals surface area contributed by atoms with E-state index in [1.165, 1.54) is 0 Å². The quantitative estimate of drug-likeness (QED) is 0.842. The van der Waals surface area contributed by atoms with Gasteiger partial charge in [-0.1, -0.05) is 13.0 Å². The molecule has 0 atom stereocenters. The molecule has 0 aliphatic rings. The normalized spacial score (nSPS) is 12.1. The summed E-state index contributed by atoms with van der Waals surface area (Å²) in [6.45, 7) is 2.36. The van der Waals surface area contributed by atoms with Crippen LogP contribution in [0.15, 0.2) is 30.5 Å². The van der Waals surface area contributed by atoms with Gasteiger partial charge in [-0.2, -0.15) is 0 Å². The van der Waals surface area contributed by atoms with E-state index in [2.05, 4.69) is 0 Å². The number of aryl methyl sites for hydroxylation is 1. The number of fused-ring (bicyclic) bond motifs is 1. The van der Waals surface area contributed by atoms with Gasteiger partial charge >= 0.3 is 0 Å². The number of hydrogen-bond donors (Lipinski definition) is 1. The van der Waals surface area contributed by atoms with Gasteiger partial charge in [0, 0.05) is 29.6 Å². The van der Waals surface area contributed by atoms with Gasteiger partial charge in [0.1, 0.15) is 0 Å². The lowest BCUT2D eigenvalue weighted by Gasteiger charge is -2.06. The first-order chi connectivity index (χ1) is 8.53. The molecule has 1 heterocycles. The van der Waals surface area contributed by atoms with E-state index in [1.54, 1.807) is 0 Å². The van der Waals surface area contributed by atoms with Crippen LogP contribution in [-0.4, -0.2) is 24.5 Å². The number of aromatic nitrogens is 1. The molecular weight excluding hydrogens is 248 g/mol. The first-order valence-electron chi connectivity index (χ1n) is 6.07. The Morgan fingerprint density at radius 3 is 2.72 bits per heavy atom. The van der Waals surface area contributed by atoms with Gasteiger partial charge < -0.3 is 10.3 Å². The lowest BCUT2D eigenvalue weighted by molar-refractivity contribution is 0.588. The molecule has 1 aromatic carbocycles. The molecule has 0 spiro atoms. The highest BCUT2D eigenvalue weighted by atomic mass is 32.2. The van der Waals surface area contributed by atoms with Gasteiger partial charge in [0.25, 0.3) is 0 Å². The number of sulfone groups is 1. The Morgan fingerprint density at radius 1 is 1.22 bits per heavy atom. The van der Waals surface area contributed by atoms with E-state index < -0.39 is 9.84 Å². The molecule has 0 saturated carbocycles. The van der Waals surface area contributed by atoms with Crippen LogP contribution in [-0.2, 0) is 16.4 Å². The van der Waals surface area contributed by atoms with Crippen LogP contribution in [0.1, 0.15) is 13.3 Å². The molecule has 0 radical (unpaired) electrons. The highest BCUT2D eigenvalue weighted by molar-refractivity contribution is 7.91. The molecule has 98 valence electrons. The lowest BCUT2D eigenvalue weighted by Crippen LogP contribution is -2.15. The monoisotopic (exact) mass is 266 g/mol. The van der Waals surface area contributed by atoms with Crippen LogP contribution in [0.2, 0.25) is 0 Å². The first kappa shape index (κ1) is 13.0. The fourth-order valence-electron chi connectivity index (χ4n) is 2.09. The fourth-order valence-corrected chi connectivity index (χ4v) is 3.39. The number of nitrogens with two attached hydrogens (primary N) is 1. The van der Waals surface area contributed by atoms with Crippen LogP contribution < -0.4 is 5.73 Å². The number of rotatable bonds is 5. The van der Waals surface area contributed by atoms with Crippen molar-refractivity contribution in [1.82, 2.24) is 4.57 Å². The van der Waals surface area contributed by atoms with Gasteiger partial charge in [-0.3, -0.25) is 0 Å². The van der Waals surface area contributed by atoms with Gasteiger partial charge in [0.15, 0.2) is 9.84 Å². The van der Waals surface area contributed by atoms with Crippen molar-refractivity contribution in [1.29, 1.82) is 0 Å². The van der Waals surface area contributed by atoms with Crippen molar-refractivity contribution in [3.63, 3.8) is 0 Å². The summed E-state index contributed by atoms with van der Waals surface area (Å²) < 4.78 is 25.3. The molecular formula is C13H18N2O2S. The Hall–Kier alpha value is -1.49. The van der Waals surface area contributed by atoms with E-state index in [9.17, 15) is 8.42 Å². The van der Waals surface area contributed by atoms with Crippen molar-refractivity contribution in [2.75, 3.05) is 17.2 Å². The number of nitrogen functional groups attached to an aromatic ring is 1. The van der Waals surface area contributed by atoms with E-state index in [-0.39, 0.29) is 11.5 Å². The van der Waals surface area contributed by atoms with Crippen LogP contribution >= 0.6 is 0 Å². The van der Waals surface area contributed by atoms with Crippen LogP contribution in [0.3, 0.4) is 0 Å². The second-order valence-corrected chi connectivity index (χ2v) is 6.74. The molecule has 0 fully saturated rings. The van der Waals surface area contributed by atoms with Crippen LogP contribution in [0.4, 0.5) is 5.69 Å². The Labute approximate surface area is 107 Å². The molecule has 5 heteroatoms. The molecule has 18 heavy (non-hydrogen) atoms. The second kappa shape index (κ2) is 5.02. The maximum absolute atomic E-state index is 11.7. The summed E-state index contributed by atoms with van der Waals surface area (Å²) in [5.41, 5.74) is 7.58. The topological polar surface area (TPSA) is 65.1 Å². The largest absolute Gasteiger partial charge is 0.398 e. The SMILES string of the molecule is CCCS(=O)(=O)CCn1ccc2c(N)cccc21. The van der Waals surface area contributed by atoms with E-state index in [1.807, 2.05) is 42.0 Å². The highest BCUT2D eigenvalue weighted by Crippen LogP contribution is 2.21. The van der Waals surface area contributed by atoms with Crippen molar-refractivity contribution in [2.24, 2.45) is 0 Å². The van der Waals surface area contributed by atoms with E-state index in [0.29, 0.717) is 13.0 Å². The third-order valence-electron chi connectivity index (χ3n) is 3.01. The Balaban J connectivity index is 2.21. The molecule has 2 rings (SSSR count). The highest BCUT2D eigenvalue weighted by Gasteiger charge is 2.10. The summed E-state index contributed by atoms with van der Waals surface area (Å²) >= 11 is 0. The molecule has 2 aromatic rings. The zero-order valence-electron chi connectivity index (χ0n) is 10.5. The summed E-state index contributed by atoms with van der Waals surface area (Å²) in [4.78, 5) is 0. The number of benzene rings is 1. The number of hydrogen-bond acceptors (Lipinski definition) is 3. The van der Waals surface area contributed by atoms with Crippen molar-refractivity contribution in [3.05, 3.63) is 30.5 Å². The van der Waals surface area contributed by atoms with Gasteiger partial charge in [-0.05, 0) is 24.6 Å². The average molecular weight is 266 g/mol. The van der Waals surface area contributed by atoms with Gasteiger partial charge in [0.2, 0.25) is 0 Å². The summed E-state index contributed by atoms with van der Waals surface area (Å²) in [6, 6.07) is 7.62. The molecule has 0 amide bonds. The first-order valence-corrected chi connectivity index (χ1v) is 7.89. The molecule has 0 bridgehead atoms. The van der Waals surface area contributed by atoms with E-state index in [4.69, 9.17) is 5.73 Å². The smallest absolute Gasteiger partial charge is 0.152 e. The Kier molecular flexibility index (Phi) is 3.61. The van der Waals surface area contributed by atoms with Gasteiger partial charge in [-0.15, -0.1) is 0 Å². The molecule has 0 aliphatic heterocycles. The Bertz CT molecular complexity index is 644. The van der Waals surface area contributed by atoms with E-state index in [0.717, 1.165) is 16.6 Å². The predicted molar refractivity (Wildman–Crippen MR) is 75.3 cm³/mol. The second-order valence-electron chi connectivity index (χ2n) is 4.44. The molecule has 0 aliphatic carbocycles. The number of anilines is 1. The minimum atomic E-state index is -2.94. The summed E-state index contributed by atoms with van der Waals surface area (Å²) in [7, 11) is -2.94. The Morgan fingerprint density at radius 2 is 2.00 bits per heavy atom. The molecule has 2 N–H and O–H groups in total. The third kappa shape index (κ3) is 2.67. The average Bonchev–Trinajstić information content (AvgIpc) is 2.71. The van der Waals surface area contributed by atoms with Crippen LogP contribution in [0, 0.1) is 0 Å². The molecule has 1 aromatic heterocycles. The van der Waals surface area contributed by atoms with Gasteiger partial charge in [0.05, 0.1) is 11.3 Å². The number of nitrogens with zero attached hydrogens (tertiary/aromatic N) is 1. The fraction of sp³-hybridized carbons (Fsp3) is 0.385. The zero-order valence-corrected chi connectivity index (χ0v) is 11.3. The molecule has 0 unspecified atom stereocenters. The molecule has 0 saturated heterocycles. The summed E-state index contributed by atoms with van der Waals surface area (Å²) in [6.07, 6.45) is 2.56. The van der Waals surface area contributed by atoms with Crippen molar-refractivity contribution in [2.45, 2.75) is 19.9 Å². The van der Waals surface area contributed by atoms with Crippen molar-refractivity contribution >= 4 is 26.4 Å². The lowest BCUT2D eigenvalue weighted by atomic mass is 10.2. The maximum atomic E-state index is 11.7. The maximum Gasteiger partial charge on any atom is 0.152 e. The zero-order chi connectivity index (χ0) is 13.2. The minimum Gasteiger partial charge on any atom is -0.398 e. The molecule has 4 nitrogen and oxygen atoms in total. The minimum absolute atomic E-state index is 0.180. The van der Waals surface area contributed by atoms with Crippen LogP contribution in [0.5, 0.6) is 0 Å². The third-order valence-corrected chi connectivity index (χ3v) is 4.84. The summed E-state index contributed by atoms with van der Waals surface area (Å²) in [5, 5.41) is 0.977. The standard InChI is InChI=1S/C13H18N2O2S/c1-2-9-18(16,17)10-8-15-7-6-11-12(14)4-3-5-13(11)15/h3-7H,2,8-10,14H2,1H3. The summed E-state index contributed by atoms with van der Waals surface area (Å²) in [5.74, 6) is 0.438. The van der Waals surface area contributed by atoms with Gasteiger partial charge in [-0.25, -0.2) is 8.42 Å². The predicted octanol–water partition coefficient (Wildman–Crippen LogP) is 2.05. The van der Waals surface area contributed by atoms with E-state index >= 15 is 0 Å². The van der Waals surface area contributed by atoms with Crippen molar-refractivity contribution < 1.29 is 8.42 Å². The van der Waals surface area contributed by atoms with Crippen molar-refractivity contribution in [3.8, 4) is 0 Å². The van der Waals surface area contributed by atoms with Crippen LogP contribution in [0.25, 0.3) is 10.9 Å².